The number of nitriles is 1. The SMILES string of the molecule is COCCSc1nnc(N=Nc2cc(OC)c(N=Nc3c(S(=O)(=O)O)cc4ccc(N=Nc5c(C)c(C#N)c6nc7ccccc7n6c5O)cc4c3O)cc2OC)s1. The first-order valence-electron chi connectivity index (χ1n) is 16.7. The van der Waals surface area contributed by atoms with Gasteiger partial charge in [-0.2, -0.15) is 18.8 Å². The highest BCUT2D eigenvalue weighted by Gasteiger charge is 2.24. The number of phenols is 1. The molecule has 22 heteroatoms. The molecule has 0 saturated carbocycles. The summed E-state index contributed by atoms with van der Waals surface area (Å²) in [5.41, 5.74) is 1.77. The number of hydrogen-bond acceptors (Lipinski definition) is 19. The highest BCUT2D eigenvalue weighted by atomic mass is 32.2. The van der Waals surface area contributed by atoms with E-state index < -0.39 is 26.5 Å². The van der Waals surface area contributed by atoms with Crippen LogP contribution >= 0.6 is 23.1 Å². The molecule has 0 aliphatic heterocycles. The lowest BCUT2D eigenvalue weighted by atomic mass is 10.1. The van der Waals surface area contributed by atoms with Crippen LogP contribution in [-0.2, 0) is 14.9 Å². The molecule has 294 valence electrons. The van der Waals surface area contributed by atoms with Crippen LogP contribution in [0.25, 0.3) is 27.5 Å². The van der Waals surface area contributed by atoms with Crippen molar-refractivity contribution in [2.24, 2.45) is 30.7 Å². The monoisotopic (exact) mass is 839 g/mol. The molecular formula is C36H29N11O8S3. The lowest BCUT2D eigenvalue weighted by Crippen LogP contribution is -1.99. The molecule has 4 aromatic carbocycles. The predicted molar refractivity (Wildman–Crippen MR) is 214 cm³/mol. The van der Waals surface area contributed by atoms with Crippen molar-refractivity contribution in [1.82, 2.24) is 19.6 Å². The third-order valence-electron chi connectivity index (χ3n) is 8.52. The van der Waals surface area contributed by atoms with E-state index in [0.29, 0.717) is 38.4 Å². The highest BCUT2D eigenvalue weighted by molar-refractivity contribution is 8.01. The van der Waals surface area contributed by atoms with Gasteiger partial charge in [0.15, 0.2) is 21.4 Å². The first-order chi connectivity index (χ1) is 27.9. The Labute approximate surface area is 336 Å². The molecule has 0 bridgehead atoms. The second-order valence-electron chi connectivity index (χ2n) is 12.0. The van der Waals surface area contributed by atoms with E-state index in [-0.39, 0.29) is 62.1 Å². The van der Waals surface area contributed by atoms with Gasteiger partial charge in [-0.05, 0) is 42.6 Å². The number of aromatic nitrogens is 4. The van der Waals surface area contributed by atoms with Crippen LogP contribution in [0.1, 0.15) is 11.1 Å². The van der Waals surface area contributed by atoms with E-state index in [4.69, 9.17) is 14.2 Å². The van der Waals surface area contributed by atoms with E-state index in [1.807, 2.05) is 0 Å². The molecule has 7 aromatic rings. The fourth-order valence-electron chi connectivity index (χ4n) is 5.75. The maximum Gasteiger partial charge on any atom is 0.296 e. The first-order valence-corrected chi connectivity index (χ1v) is 20.0. The first kappa shape index (κ1) is 39.6. The van der Waals surface area contributed by atoms with Crippen molar-refractivity contribution >= 4 is 94.2 Å². The summed E-state index contributed by atoms with van der Waals surface area (Å²) in [5, 5.41) is 66.5. The van der Waals surface area contributed by atoms with Gasteiger partial charge in [-0.1, -0.05) is 41.3 Å². The number of methoxy groups -OCH3 is 3. The molecule has 0 aliphatic rings. The molecule has 3 heterocycles. The Morgan fingerprint density at radius 2 is 1.60 bits per heavy atom. The lowest BCUT2D eigenvalue weighted by molar-refractivity contribution is 0.218. The van der Waals surface area contributed by atoms with Crippen LogP contribution in [0.5, 0.6) is 23.1 Å². The van der Waals surface area contributed by atoms with Crippen molar-refractivity contribution < 1.29 is 37.4 Å². The van der Waals surface area contributed by atoms with Gasteiger partial charge in [0.05, 0.1) is 37.5 Å². The summed E-state index contributed by atoms with van der Waals surface area (Å²) >= 11 is 2.70. The maximum absolute atomic E-state index is 12.6. The standard InChI is InChI=1S/C36H29N11O8S3/c1-18-22(17-37)33-38-23-7-5-6-8-26(23)47(33)34(49)30(18)42-39-20-10-9-19-13-29(58(50,51)52)31(32(48)21(19)14-20)43-40-24-15-28(55-4)25(16-27(24)54-3)41-44-35-45-46-36(57-35)56-12-11-53-2/h5-10,13-16,48-49H,11-12H2,1-4H3,(H,50,51,52). The minimum atomic E-state index is -4.95. The van der Waals surface area contributed by atoms with Gasteiger partial charge in [0.25, 0.3) is 15.2 Å². The van der Waals surface area contributed by atoms with E-state index in [1.165, 1.54) is 72.1 Å². The van der Waals surface area contributed by atoms with Gasteiger partial charge in [-0.25, -0.2) is 4.98 Å². The van der Waals surface area contributed by atoms with Crippen LogP contribution in [0, 0.1) is 18.3 Å². The average molecular weight is 840 g/mol. The molecule has 0 spiro atoms. The molecule has 19 nitrogen and oxygen atoms in total. The van der Waals surface area contributed by atoms with Gasteiger partial charge in [-0.3, -0.25) is 8.95 Å². The molecule has 0 saturated heterocycles. The number of azo groups is 3. The number of para-hydroxylation sites is 2. The molecule has 0 aliphatic carbocycles. The molecule has 0 fully saturated rings. The van der Waals surface area contributed by atoms with Crippen molar-refractivity contribution in [2.75, 3.05) is 33.7 Å². The number of fused-ring (bicyclic) bond motifs is 4. The quantitative estimate of drug-likeness (QED) is 0.0423. The zero-order valence-corrected chi connectivity index (χ0v) is 33.2. The number of benzene rings is 4. The third kappa shape index (κ3) is 7.71. The van der Waals surface area contributed by atoms with Crippen molar-refractivity contribution in [3.8, 4) is 29.2 Å². The summed E-state index contributed by atoms with van der Waals surface area (Å²) in [6.07, 6.45) is 0. The number of ether oxygens (including phenoxy) is 3. The topological polar surface area (TPSA) is 264 Å². The molecule has 3 aromatic heterocycles. The van der Waals surface area contributed by atoms with Gasteiger partial charge in [0.1, 0.15) is 45.1 Å². The van der Waals surface area contributed by atoms with E-state index >= 15 is 0 Å². The second kappa shape index (κ2) is 16.5. The molecule has 0 amide bonds. The van der Waals surface area contributed by atoms with E-state index in [9.17, 15) is 28.4 Å². The van der Waals surface area contributed by atoms with Crippen LogP contribution in [0.2, 0.25) is 0 Å². The summed E-state index contributed by atoms with van der Waals surface area (Å²) in [5.74, 6) is 0.0586. The zero-order valence-electron chi connectivity index (χ0n) is 30.7. The van der Waals surface area contributed by atoms with Crippen LogP contribution in [0.15, 0.2) is 101 Å². The van der Waals surface area contributed by atoms with Crippen molar-refractivity contribution in [1.29, 1.82) is 5.26 Å². The summed E-state index contributed by atoms with van der Waals surface area (Å²) in [7, 11) is -0.583. The zero-order chi connectivity index (χ0) is 41.1. The van der Waals surface area contributed by atoms with E-state index in [0.717, 1.165) is 6.07 Å². The molecule has 0 unspecified atom stereocenters. The second-order valence-corrected chi connectivity index (χ2v) is 15.7. The number of nitrogens with zero attached hydrogens (tertiary/aromatic N) is 11. The van der Waals surface area contributed by atoms with Crippen molar-refractivity contribution in [2.45, 2.75) is 16.2 Å². The van der Waals surface area contributed by atoms with Crippen LogP contribution in [-0.4, -0.2) is 76.5 Å². The Bertz CT molecular complexity index is 3000. The van der Waals surface area contributed by atoms with Gasteiger partial charge in [0.2, 0.25) is 5.88 Å². The van der Waals surface area contributed by atoms with E-state index in [1.54, 1.807) is 38.3 Å². The third-order valence-corrected chi connectivity index (χ3v) is 11.3. The minimum Gasteiger partial charge on any atom is -0.505 e. The normalized spacial score (nSPS) is 12.2. The highest BCUT2D eigenvalue weighted by Crippen LogP contribution is 2.46. The maximum atomic E-state index is 12.6. The number of phenolic OH excluding ortho intramolecular Hbond substituents is 1. The van der Waals surface area contributed by atoms with Crippen LogP contribution < -0.4 is 9.47 Å². The predicted octanol–water partition coefficient (Wildman–Crippen LogP) is 9.33. The number of rotatable bonds is 13. The smallest absolute Gasteiger partial charge is 0.296 e. The summed E-state index contributed by atoms with van der Waals surface area (Å²) < 4.78 is 53.4. The Hall–Kier alpha value is -6.64. The number of imidazole rings is 1. The number of aromatic hydroxyl groups is 2. The largest absolute Gasteiger partial charge is 0.505 e. The summed E-state index contributed by atoms with van der Waals surface area (Å²) in [4.78, 5) is 3.77. The van der Waals surface area contributed by atoms with Gasteiger partial charge < -0.3 is 24.4 Å². The fraction of sp³-hybridized carbons (Fsp3) is 0.167. The molecule has 0 atom stereocenters. The average Bonchev–Trinajstić information content (AvgIpc) is 3.84. The number of thioether (sulfide) groups is 1. The van der Waals surface area contributed by atoms with Crippen molar-refractivity contribution in [3.63, 3.8) is 0 Å². The molecule has 7 rings (SSSR count). The van der Waals surface area contributed by atoms with Crippen LogP contribution in [0.3, 0.4) is 0 Å². The lowest BCUT2D eigenvalue weighted by Gasteiger charge is -2.11. The molecular weight excluding hydrogens is 811 g/mol. The molecule has 58 heavy (non-hydrogen) atoms. The molecule has 0 radical (unpaired) electrons. The molecule has 3 N–H and O–H groups in total. The van der Waals surface area contributed by atoms with Gasteiger partial charge in [-0.15, -0.1) is 35.8 Å². The minimum absolute atomic E-state index is 0.00625. The van der Waals surface area contributed by atoms with Gasteiger partial charge >= 0.3 is 0 Å². The number of hydrogen-bond donors (Lipinski definition) is 3. The Morgan fingerprint density at radius 3 is 2.29 bits per heavy atom. The number of pyridine rings is 1. The fourth-order valence-corrected chi connectivity index (χ4v) is 8.04. The Morgan fingerprint density at radius 1 is 0.897 bits per heavy atom. The van der Waals surface area contributed by atoms with Gasteiger partial charge in [0, 0.05) is 35.9 Å². The Balaban J connectivity index is 1.25. The van der Waals surface area contributed by atoms with Crippen LogP contribution in [0.4, 0.5) is 33.6 Å². The summed E-state index contributed by atoms with van der Waals surface area (Å²) in [6, 6.07) is 17.5. The summed E-state index contributed by atoms with van der Waals surface area (Å²) in [6.45, 7) is 2.16. The van der Waals surface area contributed by atoms with Crippen molar-refractivity contribution in [3.05, 3.63) is 71.8 Å². The van der Waals surface area contributed by atoms with E-state index in [2.05, 4.69) is 51.9 Å². The Kier molecular flexibility index (Phi) is 11.2.